The number of nitrogens with one attached hydrogen (secondary N) is 2. The SMILES string of the molecule is O=C(Cc1ccccc1F)N1CC[C@H](Nc2nc(N3CCNCC3)c3ccccc3n2)C1. The number of anilines is 2. The maximum atomic E-state index is 13.9. The number of carbonyl (C=O) groups is 1. The van der Waals surface area contributed by atoms with Crippen molar-refractivity contribution in [3.05, 3.63) is 59.9 Å². The molecule has 2 saturated heterocycles. The Bertz CT molecular complexity index is 1120. The van der Waals surface area contributed by atoms with Crippen molar-refractivity contribution in [1.82, 2.24) is 20.2 Å². The lowest BCUT2D eigenvalue weighted by Crippen LogP contribution is -2.44. The molecule has 2 aliphatic rings. The number of rotatable bonds is 5. The lowest BCUT2D eigenvalue weighted by Gasteiger charge is -2.29. The normalized spacial score (nSPS) is 18.8. The summed E-state index contributed by atoms with van der Waals surface area (Å²) in [5, 5.41) is 7.87. The summed E-state index contributed by atoms with van der Waals surface area (Å²) in [7, 11) is 0. The van der Waals surface area contributed by atoms with E-state index < -0.39 is 0 Å². The van der Waals surface area contributed by atoms with Gasteiger partial charge in [0.25, 0.3) is 0 Å². The highest BCUT2D eigenvalue weighted by Crippen LogP contribution is 2.26. The summed E-state index contributed by atoms with van der Waals surface area (Å²) in [6.07, 6.45) is 0.890. The fourth-order valence-corrected chi connectivity index (χ4v) is 4.45. The molecule has 2 aliphatic heterocycles. The van der Waals surface area contributed by atoms with Crippen molar-refractivity contribution < 1.29 is 9.18 Å². The van der Waals surface area contributed by atoms with Crippen LogP contribution in [-0.2, 0) is 11.2 Å². The van der Waals surface area contributed by atoms with Crippen molar-refractivity contribution in [2.24, 2.45) is 0 Å². The molecule has 7 nitrogen and oxygen atoms in total. The Morgan fingerprint density at radius 3 is 2.69 bits per heavy atom. The minimum Gasteiger partial charge on any atom is -0.353 e. The molecule has 2 fully saturated rings. The molecule has 2 N–H and O–H groups in total. The third kappa shape index (κ3) is 4.36. The van der Waals surface area contributed by atoms with Gasteiger partial charge in [-0.25, -0.2) is 9.37 Å². The predicted molar refractivity (Wildman–Crippen MR) is 123 cm³/mol. The molecule has 0 unspecified atom stereocenters. The molecule has 32 heavy (non-hydrogen) atoms. The third-order valence-corrected chi connectivity index (χ3v) is 6.17. The minimum absolute atomic E-state index is 0.0552. The van der Waals surface area contributed by atoms with E-state index in [4.69, 9.17) is 9.97 Å². The molecule has 0 bridgehead atoms. The average molecular weight is 435 g/mol. The number of halogens is 1. The Morgan fingerprint density at radius 1 is 1.06 bits per heavy atom. The highest BCUT2D eigenvalue weighted by atomic mass is 19.1. The molecular weight excluding hydrogens is 407 g/mol. The van der Waals surface area contributed by atoms with Gasteiger partial charge < -0.3 is 20.4 Å². The summed E-state index contributed by atoms with van der Waals surface area (Å²) in [6, 6.07) is 14.6. The lowest BCUT2D eigenvalue weighted by molar-refractivity contribution is -0.129. The van der Waals surface area contributed by atoms with E-state index in [0.29, 0.717) is 24.6 Å². The predicted octanol–water partition coefficient (Wildman–Crippen LogP) is 2.43. The van der Waals surface area contributed by atoms with E-state index in [1.807, 2.05) is 18.2 Å². The van der Waals surface area contributed by atoms with Gasteiger partial charge in [-0.3, -0.25) is 4.79 Å². The summed E-state index contributed by atoms with van der Waals surface area (Å²) in [6.45, 7) is 4.88. The van der Waals surface area contributed by atoms with Crippen LogP contribution in [0.2, 0.25) is 0 Å². The van der Waals surface area contributed by atoms with Crippen LogP contribution in [0.1, 0.15) is 12.0 Å². The van der Waals surface area contributed by atoms with Crippen LogP contribution in [0, 0.1) is 5.82 Å². The number of fused-ring (bicyclic) bond motifs is 1. The number of piperazine rings is 1. The van der Waals surface area contributed by atoms with Crippen molar-refractivity contribution in [2.75, 3.05) is 49.5 Å². The van der Waals surface area contributed by atoms with Crippen LogP contribution in [0.5, 0.6) is 0 Å². The van der Waals surface area contributed by atoms with Gasteiger partial charge in [-0.05, 0) is 30.2 Å². The fraction of sp³-hybridized carbons (Fsp3) is 0.375. The van der Waals surface area contributed by atoms with E-state index in [-0.39, 0.29) is 24.2 Å². The Labute approximate surface area is 186 Å². The highest BCUT2D eigenvalue weighted by molar-refractivity contribution is 5.90. The first-order valence-electron chi connectivity index (χ1n) is 11.2. The average Bonchev–Trinajstić information content (AvgIpc) is 3.29. The number of aromatic nitrogens is 2. The first-order valence-corrected chi connectivity index (χ1v) is 11.2. The van der Waals surface area contributed by atoms with Gasteiger partial charge in [0.15, 0.2) is 0 Å². The number of hydrogen-bond donors (Lipinski definition) is 2. The zero-order valence-electron chi connectivity index (χ0n) is 17.9. The van der Waals surface area contributed by atoms with E-state index in [9.17, 15) is 9.18 Å². The van der Waals surface area contributed by atoms with Gasteiger partial charge in [-0.1, -0.05) is 30.3 Å². The van der Waals surface area contributed by atoms with Crippen LogP contribution >= 0.6 is 0 Å². The quantitative estimate of drug-likeness (QED) is 0.643. The molecule has 3 aromatic rings. The molecule has 0 radical (unpaired) electrons. The molecule has 1 aromatic heterocycles. The van der Waals surface area contributed by atoms with Gasteiger partial charge in [0.2, 0.25) is 11.9 Å². The van der Waals surface area contributed by atoms with Crippen LogP contribution in [0.25, 0.3) is 10.9 Å². The molecule has 5 rings (SSSR count). The van der Waals surface area contributed by atoms with E-state index in [1.54, 1.807) is 23.1 Å². The molecule has 0 spiro atoms. The van der Waals surface area contributed by atoms with E-state index in [0.717, 1.165) is 49.3 Å². The number of nitrogens with zero attached hydrogens (tertiary/aromatic N) is 4. The van der Waals surface area contributed by atoms with Crippen LogP contribution in [-0.4, -0.2) is 66.1 Å². The molecule has 1 atom stereocenters. The van der Waals surface area contributed by atoms with Crippen molar-refractivity contribution in [3.63, 3.8) is 0 Å². The smallest absolute Gasteiger partial charge is 0.227 e. The molecular formula is C24H27FN6O. The zero-order chi connectivity index (χ0) is 21.9. The molecule has 3 heterocycles. The van der Waals surface area contributed by atoms with Crippen LogP contribution < -0.4 is 15.5 Å². The summed E-state index contributed by atoms with van der Waals surface area (Å²) in [5.74, 6) is 1.15. The van der Waals surface area contributed by atoms with Crippen molar-refractivity contribution in [1.29, 1.82) is 0 Å². The third-order valence-electron chi connectivity index (χ3n) is 6.17. The molecule has 0 saturated carbocycles. The standard InChI is InChI=1S/C24H27FN6O/c25-20-7-3-1-5-17(20)15-22(32)31-12-9-18(16-31)27-24-28-21-8-4-2-6-19(21)23(29-24)30-13-10-26-11-14-30/h1-8,18,26H,9-16H2,(H,27,28,29)/t18-/m0/s1. The number of hydrogen-bond acceptors (Lipinski definition) is 6. The fourth-order valence-electron chi connectivity index (χ4n) is 4.45. The Kier molecular flexibility index (Phi) is 5.85. The molecule has 8 heteroatoms. The summed E-state index contributed by atoms with van der Waals surface area (Å²) in [4.78, 5) is 26.4. The Morgan fingerprint density at radius 2 is 1.84 bits per heavy atom. The Balaban J connectivity index is 1.30. The minimum atomic E-state index is -0.334. The first-order chi connectivity index (χ1) is 15.7. The maximum Gasteiger partial charge on any atom is 0.227 e. The van der Waals surface area contributed by atoms with E-state index in [1.165, 1.54) is 6.07 Å². The van der Waals surface area contributed by atoms with Gasteiger partial charge in [0.1, 0.15) is 11.6 Å². The molecule has 0 aliphatic carbocycles. The molecule has 1 amide bonds. The van der Waals surface area contributed by atoms with Gasteiger partial charge in [0, 0.05) is 50.7 Å². The summed E-state index contributed by atoms with van der Waals surface area (Å²) in [5.41, 5.74) is 1.34. The largest absolute Gasteiger partial charge is 0.353 e. The second-order valence-electron chi connectivity index (χ2n) is 8.36. The van der Waals surface area contributed by atoms with Gasteiger partial charge in [-0.2, -0.15) is 4.98 Å². The lowest BCUT2D eigenvalue weighted by atomic mass is 10.1. The first kappa shape index (κ1) is 20.6. The second-order valence-corrected chi connectivity index (χ2v) is 8.36. The van der Waals surface area contributed by atoms with E-state index >= 15 is 0 Å². The number of carbonyl (C=O) groups excluding carboxylic acids is 1. The van der Waals surface area contributed by atoms with Crippen LogP contribution in [0.4, 0.5) is 16.2 Å². The maximum absolute atomic E-state index is 13.9. The van der Waals surface area contributed by atoms with Gasteiger partial charge >= 0.3 is 0 Å². The number of para-hydroxylation sites is 1. The topological polar surface area (TPSA) is 73.4 Å². The Hall–Kier alpha value is -3.26. The molecule has 166 valence electrons. The zero-order valence-corrected chi connectivity index (χ0v) is 17.9. The number of benzene rings is 2. The van der Waals surface area contributed by atoms with Crippen molar-refractivity contribution in [3.8, 4) is 0 Å². The monoisotopic (exact) mass is 434 g/mol. The van der Waals surface area contributed by atoms with Crippen molar-refractivity contribution in [2.45, 2.75) is 18.9 Å². The van der Waals surface area contributed by atoms with Crippen molar-refractivity contribution >= 4 is 28.6 Å². The number of likely N-dealkylation sites (tertiary alicyclic amines) is 1. The van der Waals surface area contributed by atoms with Gasteiger partial charge in [0.05, 0.1) is 11.9 Å². The highest BCUT2D eigenvalue weighted by Gasteiger charge is 2.27. The second kappa shape index (κ2) is 9.08. The number of amides is 1. The van der Waals surface area contributed by atoms with Crippen LogP contribution in [0.15, 0.2) is 48.5 Å². The summed E-state index contributed by atoms with van der Waals surface area (Å²) < 4.78 is 13.9. The molecule has 2 aromatic carbocycles. The van der Waals surface area contributed by atoms with E-state index in [2.05, 4.69) is 21.6 Å². The van der Waals surface area contributed by atoms with Crippen LogP contribution in [0.3, 0.4) is 0 Å². The summed E-state index contributed by atoms with van der Waals surface area (Å²) >= 11 is 0. The van der Waals surface area contributed by atoms with Gasteiger partial charge in [-0.15, -0.1) is 0 Å².